The van der Waals surface area contributed by atoms with Crippen LogP contribution in [0.25, 0.3) is 0 Å². The molecule has 2 atom stereocenters. The van der Waals surface area contributed by atoms with Crippen molar-refractivity contribution in [2.75, 3.05) is 6.54 Å². The zero-order valence-corrected chi connectivity index (χ0v) is 15.2. The summed E-state index contributed by atoms with van der Waals surface area (Å²) >= 11 is 0. The molecule has 4 heterocycles. The molecule has 2 aromatic heterocycles. The number of carbonyl (C=O) groups excluding carboxylic acids is 1. The first kappa shape index (κ1) is 16.3. The predicted octanol–water partition coefficient (Wildman–Crippen LogP) is 1.32. The Bertz CT molecular complexity index is 778. The molecule has 2 aliphatic heterocycles. The molecule has 7 heteroatoms. The Morgan fingerprint density at radius 2 is 2.12 bits per heavy atom. The number of hydrogen-bond donors (Lipinski definition) is 0. The van der Waals surface area contributed by atoms with E-state index < -0.39 is 0 Å². The second-order valence-corrected chi connectivity index (χ2v) is 7.22. The number of hydrogen-bond acceptors (Lipinski definition) is 4. The van der Waals surface area contributed by atoms with Crippen LogP contribution in [-0.4, -0.2) is 53.9 Å². The smallest absolute Gasteiger partial charge is 0.224 e. The Kier molecular flexibility index (Phi) is 4.11. The highest BCUT2D eigenvalue weighted by Crippen LogP contribution is 2.34. The molecule has 1 amide bonds. The van der Waals surface area contributed by atoms with Gasteiger partial charge >= 0.3 is 0 Å². The maximum atomic E-state index is 12.6. The summed E-state index contributed by atoms with van der Waals surface area (Å²) in [6.07, 6.45) is 5.74. The summed E-state index contributed by atoms with van der Waals surface area (Å²) in [5.41, 5.74) is 3.34. The monoisotopic (exact) mass is 342 g/mol. The van der Waals surface area contributed by atoms with Crippen molar-refractivity contribution in [1.82, 2.24) is 29.4 Å². The number of carbonyl (C=O) groups is 1. The molecule has 0 aromatic carbocycles. The molecule has 2 aromatic rings. The normalized spacial score (nSPS) is 23.6. The molecule has 2 aliphatic rings. The van der Waals surface area contributed by atoms with Crippen LogP contribution in [0.4, 0.5) is 0 Å². The lowest BCUT2D eigenvalue weighted by Gasteiger charge is -2.25. The topological polar surface area (TPSA) is 59.2 Å². The molecule has 0 radical (unpaired) electrons. The van der Waals surface area contributed by atoms with Crippen LogP contribution in [0, 0.1) is 6.92 Å². The maximum Gasteiger partial charge on any atom is 0.224 e. The van der Waals surface area contributed by atoms with Crippen molar-refractivity contribution < 1.29 is 4.79 Å². The molecule has 4 rings (SSSR count). The highest BCUT2D eigenvalue weighted by Gasteiger charge is 2.46. The third-order valence-electron chi connectivity index (χ3n) is 5.56. The predicted molar refractivity (Wildman–Crippen MR) is 93.6 cm³/mol. The fraction of sp³-hybridized carbons (Fsp3) is 0.611. The molecule has 0 bridgehead atoms. The van der Waals surface area contributed by atoms with E-state index in [9.17, 15) is 4.79 Å². The molecule has 25 heavy (non-hydrogen) atoms. The largest absolute Gasteiger partial charge is 0.332 e. The van der Waals surface area contributed by atoms with E-state index in [0.29, 0.717) is 25.0 Å². The molecule has 0 aliphatic carbocycles. The summed E-state index contributed by atoms with van der Waals surface area (Å²) in [5, 5.41) is 8.77. The lowest BCUT2D eigenvalue weighted by molar-refractivity contribution is -0.129. The van der Waals surface area contributed by atoms with Crippen molar-refractivity contribution in [3.8, 4) is 0 Å². The molecule has 134 valence electrons. The Morgan fingerprint density at radius 3 is 2.80 bits per heavy atom. The van der Waals surface area contributed by atoms with Gasteiger partial charge in [-0.15, -0.1) is 0 Å². The third-order valence-corrected chi connectivity index (χ3v) is 5.56. The molecule has 2 saturated heterocycles. The Morgan fingerprint density at radius 1 is 1.28 bits per heavy atom. The van der Waals surface area contributed by atoms with E-state index in [1.807, 2.05) is 29.5 Å². The summed E-state index contributed by atoms with van der Waals surface area (Å²) in [5.74, 6) is 0.266. The number of aryl methyl sites for hydroxylation is 3. The molecule has 0 N–H and O–H groups in total. The second-order valence-electron chi connectivity index (χ2n) is 7.22. The minimum atomic E-state index is 0.266. The van der Waals surface area contributed by atoms with Crippen molar-refractivity contribution in [3.63, 3.8) is 0 Å². The maximum absolute atomic E-state index is 12.6. The van der Waals surface area contributed by atoms with Crippen molar-refractivity contribution in [1.29, 1.82) is 0 Å². The van der Waals surface area contributed by atoms with Crippen LogP contribution in [-0.2, 0) is 31.5 Å². The van der Waals surface area contributed by atoms with Gasteiger partial charge < -0.3 is 4.90 Å². The van der Waals surface area contributed by atoms with Crippen LogP contribution in [0.2, 0.25) is 0 Å². The van der Waals surface area contributed by atoms with Gasteiger partial charge in [-0.25, -0.2) is 0 Å². The van der Waals surface area contributed by atoms with Gasteiger partial charge in [0.15, 0.2) is 0 Å². The van der Waals surface area contributed by atoms with Gasteiger partial charge in [-0.1, -0.05) is 0 Å². The Labute approximate surface area is 148 Å². The van der Waals surface area contributed by atoms with Crippen molar-refractivity contribution in [2.24, 2.45) is 7.05 Å². The molecular formula is C18H26N6O. The molecule has 0 saturated carbocycles. The van der Waals surface area contributed by atoms with Gasteiger partial charge in [0.25, 0.3) is 0 Å². The van der Waals surface area contributed by atoms with E-state index in [4.69, 9.17) is 0 Å². The van der Waals surface area contributed by atoms with Crippen LogP contribution < -0.4 is 0 Å². The fourth-order valence-electron chi connectivity index (χ4n) is 4.29. The Balaban J connectivity index is 1.46. The molecule has 2 fully saturated rings. The summed E-state index contributed by atoms with van der Waals surface area (Å²) < 4.78 is 3.85. The van der Waals surface area contributed by atoms with Crippen LogP contribution in [0.1, 0.15) is 36.7 Å². The Hall–Kier alpha value is -2.15. The lowest BCUT2D eigenvalue weighted by atomic mass is 10.1. The number of fused-ring (bicyclic) bond motifs is 1. The first-order valence-corrected chi connectivity index (χ1v) is 9.09. The zero-order valence-electron chi connectivity index (χ0n) is 15.2. The molecule has 0 spiro atoms. The van der Waals surface area contributed by atoms with Gasteiger partial charge in [0.2, 0.25) is 5.91 Å². The number of aromatic nitrogens is 4. The highest BCUT2D eigenvalue weighted by molar-refractivity contribution is 5.80. The first-order chi connectivity index (χ1) is 12.0. The van der Waals surface area contributed by atoms with Gasteiger partial charge in [0, 0.05) is 56.9 Å². The summed E-state index contributed by atoms with van der Waals surface area (Å²) in [6.45, 7) is 7.57. The number of rotatable bonds is 5. The minimum absolute atomic E-state index is 0.266. The van der Waals surface area contributed by atoms with Crippen LogP contribution in [0.3, 0.4) is 0 Å². The van der Waals surface area contributed by atoms with Gasteiger partial charge in [-0.05, 0) is 26.3 Å². The van der Waals surface area contributed by atoms with Crippen LogP contribution in [0.5, 0.6) is 0 Å². The van der Waals surface area contributed by atoms with Crippen molar-refractivity contribution in [3.05, 3.63) is 35.4 Å². The minimum Gasteiger partial charge on any atom is -0.332 e. The van der Waals surface area contributed by atoms with Crippen molar-refractivity contribution in [2.45, 2.75) is 58.4 Å². The SMILES string of the molecule is CCn1cc(CN2CC[C@H]3[C@@H]2CC(=O)N3Cc2cc(C)nn2C)cn1. The average Bonchev–Trinajstić information content (AvgIpc) is 3.31. The number of nitrogens with zero attached hydrogens (tertiary/aromatic N) is 6. The lowest BCUT2D eigenvalue weighted by Crippen LogP contribution is -2.37. The summed E-state index contributed by atoms with van der Waals surface area (Å²) in [7, 11) is 1.95. The summed E-state index contributed by atoms with van der Waals surface area (Å²) in [6, 6.07) is 2.72. The summed E-state index contributed by atoms with van der Waals surface area (Å²) in [4.78, 5) is 17.1. The van der Waals surface area contributed by atoms with Crippen LogP contribution in [0.15, 0.2) is 18.5 Å². The second kappa shape index (κ2) is 6.29. The standard InChI is InChI=1S/C18H26N6O/c1-4-23-11-14(9-19-23)10-22-6-5-16-17(22)8-18(25)24(16)12-15-7-13(2)20-21(15)3/h7,9,11,16-17H,4-6,8,10,12H2,1-3H3/t16-,17-/m0/s1. The van der Waals surface area contributed by atoms with E-state index >= 15 is 0 Å². The van der Waals surface area contributed by atoms with Gasteiger partial charge in [-0.3, -0.25) is 19.1 Å². The van der Waals surface area contributed by atoms with E-state index in [2.05, 4.69) is 39.2 Å². The number of likely N-dealkylation sites (tertiary alicyclic amines) is 2. The van der Waals surface area contributed by atoms with E-state index in [1.165, 1.54) is 5.56 Å². The van der Waals surface area contributed by atoms with Crippen LogP contribution >= 0.6 is 0 Å². The van der Waals surface area contributed by atoms with Gasteiger partial charge in [-0.2, -0.15) is 10.2 Å². The van der Waals surface area contributed by atoms with Gasteiger partial charge in [0.05, 0.1) is 24.1 Å². The van der Waals surface area contributed by atoms with E-state index in [0.717, 1.165) is 37.4 Å². The number of amides is 1. The molecule has 7 nitrogen and oxygen atoms in total. The molecule has 0 unspecified atom stereocenters. The fourth-order valence-corrected chi connectivity index (χ4v) is 4.29. The van der Waals surface area contributed by atoms with Gasteiger partial charge in [0.1, 0.15) is 0 Å². The van der Waals surface area contributed by atoms with E-state index in [1.54, 1.807) is 0 Å². The highest BCUT2D eigenvalue weighted by atomic mass is 16.2. The third kappa shape index (κ3) is 2.97. The quantitative estimate of drug-likeness (QED) is 0.822. The van der Waals surface area contributed by atoms with Crippen molar-refractivity contribution >= 4 is 5.91 Å². The first-order valence-electron chi connectivity index (χ1n) is 9.09. The zero-order chi connectivity index (χ0) is 17.6. The van der Waals surface area contributed by atoms with E-state index in [-0.39, 0.29) is 5.91 Å². The average molecular weight is 342 g/mol. The molecular weight excluding hydrogens is 316 g/mol.